The lowest BCUT2D eigenvalue weighted by atomic mass is 10.1. The fraction of sp³-hybridized carbons (Fsp3) is 0.652. The van der Waals surface area contributed by atoms with Gasteiger partial charge >= 0.3 is 0 Å². The van der Waals surface area contributed by atoms with E-state index < -0.39 is 0 Å². The predicted molar refractivity (Wildman–Crippen MR) is 117 cm³/mol. The molecule has 0 spiro atoms. The molecule has 1 amide bonds. The lowest BCUT2D eigenvalue weighted by Gasteiger charge is -2.21. The number of carbonyl (C=O) groups is 1. The van der Waals surface area contributed by atoms with Gasteiger partial charge in [0, 0.05) is 38.1 Å². The quantitative estimate of drug-likeness (QED) is 0.520. The van der Waals surface area contributed by atoms with Crippen molar-refractivity contribution in [2.75, 3.05) is 32.8 Å². The van der Waals surface area contributed by atoms with Gasteiger partial charge in [0.05, 0.1) is 6.61 Å². The number of amides is 1. The summed E-state index contributed by atoms with van der Waals surface area (Å²) in [4.78, 5) is 19.5. The molecule has 160 valence electrons. The molecule has 1 aliphatic carbocycles. The Labute approximate surface area is 175 Å². The summed E-state index contributed by atoms with van der Waals surface area (Å²) in [6.45, 7) is 7.90. The maximum Gasteiger partial charge on any atom is 0.225 e. The van der Waals surface area contributed by atoms with Crippen molar-refractivity contribution in [2.45, 2.75) is 58.4 Å². The molecule has 1 aromatic carbocycles. The first-order chi connectivity index (χ1) is 14.2. The first kappa shape index (κ1) is 21.5. The second-order valence-electron chi connectivity index (χ2n) is 7.95. The highest BCUT2D eigenvalue weighted by atomic mass is 16.5. The monoisotopic (exact) mass is 400 g/mol. The lowest BCUT2D eigenvalue weighted by molar-refractivity contribution is -0.134. The number of rotatable bonds is 8. The number of hydrogen-bond acceptors (Lipinski definition) is 3. The lowest BCUT2D eigenvalue weighted by Crippen LogP contribution is -2.45. The predicted octanol–water partition coefficient (Wildman–Crippen LogP) is 2.97. The smallest absolute Gasteiger partial charge is 0.225 e. The van der Waals surface area contributed by atoms with Crippen LogP contribution in [0.5, 0.6) is 5.75 Å². The number of benzene rings is 1. The van der Waals surface area contributed by atoms with Crippen LogP contribution in [0.25, 0.3) is 0 Å². The Balaban J connectivity index is 1.51. The molecule has 0 radical (unpaired) electrons. The van der Waals surface area contributed by atoms with Crippen molar-refractivity contribution in [2.24, 2.45) is 10.9 Å². The molecular weight excluding hydrogens is 364 g/mol. The van der Waals surface area contributed by atoms with Gasteiger partial charge in [-0.25, -0.2) is 0 Å². The fourth-order valence-corrected chi connectivity index (χ4v) is 4.32. The van der Waals surface area contributed by atoms with Crippen LogP contribution in [0.2, 0.25) is 0 Å². The van der Waals surface area contributed by atoms with Crippen LogP contribution in [0.15, 0.2) is 29.3 Å². The van der Waals surface area contributed by atoms with Gasteiger partial charge in [-0.1, -0.05) is 31.0 Å². The topological polar surface area (TPSA) is 66.0 Å². The van der Waals surface area contributed by atoms with E-state index in [2.05, 4.69) is 28.5 Å². The van der Waals surface area contributed by atoms with Gasteiger partial charge in [0.25, 0.3) is 0 Å². The molecule has 1 saturated heterocycles. The Morgan fingerprint density at radius 3 is 2.76 bits per heavy atom. The molecule has 6 heteroatoms. The Bertz CT molecular complexity index is 685. The van der Waals surface area contributed by atoms with Crippen molar-refractivity contribution in [1.29, 1.82) is 0 Å². The van der Waals surface area contributed by atoms with E-state index in [1.807, 2.05) is 25.1 Å². The molecule has 1 aliphatic heterocycles. The highest BCUT2D eigenvalue weighted by Crippen LogP contribution is 2.27. The van der Waals surface area contributed by atoms with E-state index in [1.54, 1.807) is 0 Å². The van der Waals surface area contributed by atoms with Gasteiger partial charge < -0.3 is 20.3 Å². The minimum atomic E-state index is 0.265. The van der Waals surface area contributed by atoms with Gasteiger partial charge in [-0.05, 0) is 51.2 Å². The molecule has 0 bridgehead atoms. The minimum Gasteiger partial charge on any atom is -0.494 e. The van der Waals surface area contributed by atoms with Crippen molar-refractivity contribution in [3.8, 4) is 5.75 Å². The van der Waals surface area contributed by atoms with Gasteiger partial charge in [0.2, 0.25) is 5.91 Å². The Morgan fingerprint density at radius 1 is 1.21 bits per heavy atom. The summed E-state index contributed by atoms with van der Waals surface area (Å²) in [7, 11) is 0. The van der Waals surface area contributed by atoms with Crippen molar-refractivity contribution in [1.82, 2.24) is 15.5 Å². The number of aliphatic imine (C=N–C) groups is 1. The molecule has 1 unspecified atom stereocenters. The number of hydrogen-bond donors (Lipinski definition) is 2. The number of nitrogens with one attached hydrogen (secondary N) is 2. The molecule has 2 fully saturated rings. The zero-order chi connectivity index (χ0) is 20.5. The molecule has 1 saturated carbocycles. The van der Waals surface area contributed by atoms with Crippen LogP contribution in [0.4, 0.5) is 0 Å². The van der Waals surface area contributed by atoms with E-state index in [0.717, 1.165) is 57.0 Å². The van der Waals surface area contributed by atoms with Crippen LogP contribution in [-0.2, 0) is 11.2 Å². The van der Waals surface area contributed by atoms with Gasteiger partial charge in [-0.15, -0.1) is 0 Å². The van der Waals surface area contributed by atoms with E-state index in [9.17, 15) is 4.79 Å². The Morgan fingerprint density at radius 2 is 2.00 bits per heavy atom. The van der Waals surface area contributed by atoms with E-state index >= 15 is 0 Å². The number of carbonyl (C=O) groups excluding carboxylic acids is 1. The molecule has 3 rings (SSSR count). The second kappa shape index (κ2) is 11.1. The molecule has 29 heavy (non-hydrogen) atoms. The summed E-state index contributed by atoms with van der Waals surface area (Å²) in [5, 5.41) is 6.87. The summed E-state index contributed by atoms with van der Waals surface area (Å²) in [5.41, 5.74) is 1.18. The van der Waals surface area contributed by atoms with Crippen LogP contribution in [0, 0.1) is 5.92 Å². The third-order valence-electron chi connectivity index (χ3n) is 5.81. The van der Waals surface area contributed by atoms with E-state index in [1.165, 1.54) is 18.4 Å². The van der Waals surface area contributed by atoms with Crippen LogP contribution < -0.4 is 15.4 Å². The molecule has 0 aromatic heterocycles. The van der Waals surface area contributed by atoms with Crippen LogP contribution in [0.3, 0.4) is 0 Å². The summed E-state index contributed by atoms with van der Waals surface area (Å²) >= 11 is 0. The fourth-order valence-electron chi connectivity index (χ4n) is 4.32. The molecule has 1 aromatic rings. The van der Waals surface area contributed by atoms with Crippen molar-refractivity contribution < 1.29 is 9.53 Å². The minimum absolute atomic E-state index is 0.265. The van der Waals surface area contributed by atoms with Gasteiger partial charge in [-0.3, -0.25) is 9.79 Å². The summed E-state index contributed by atoms with van der Waals surface area (Å²) in [6.07, 6.45) is 6.37. The average molecular weight is 401 g/mol. The second-order valence-corrected chi connectivity index (χ2v) is 7.95. The third kappa shape index (κ3) is 6.12. The van der Waals surface area contributed by atoms with E-state index in [0.29, 0.717) is 19.1 Å². The van der Waals surface area contributed by atoms with Gasteiger partial charge in [-0.2, -0.15) is 0 Å². The van der Waals surface area contributed by atoms with Crippen molar-refractivity contribution >= 4 is 11.9 Å². The van der Waals surface area contributed by atoms with Crippen LogP contribution in [0.1, 0.15) is 51.5 Å². The highest BCUT2D eigenvalue weighted by molar-refractivity contribution is 5.81. The van der Waals surface area contributed by atoms with Crippen LogP contribution >= 0.6 is 0 Å². The number of nitrogens with zero attached hydrogens (tertiary/aromatic N) is 2. The molecular formula is C23H36N4O2. The van der Waals surface area contributed by atoms with Crippen LogP contribution in [-0.4, -0.2) is 55.6 Å². The molecule has 2 N–H and O–H groups in total. The number of ether oxygens (including phenoxy) is 1. The molecule has 1 atom stereocenters. The Hall–Kier alpha value is -2.24. The number of guanidine groups is 1. The first-order valence-electron chi connectivity index (χ1n) is 11.3. The SMILES string of the molecule is CCNC(=NCCc1ccccc1OCC)NC1CCN(C(=O)C2CCCC2)C1. The van der Waals surface area contributed by atoms with Gasteiger partial charge in [0.1, 0.15) is 5.75 Å². The largest absolute Gasteiger partial charge is 0.494 e. The average Bonchev–Trinajstić information content (AvgIpc) is 3.41. The maximum absolute atomic E-state index is 12.7. The van der Waals surface area contributed by atoms with Crippen molar-refractivity contribution in [3.63, 3.8) is 0 Å². The van der Waals surface area contributed by atoms with Gasteiger partial charge in [0.15, 0.2) is 5.96 Å². The molecule has 6 nitrogen and oxygen atoms in total. The number of para-hydroxylation sites is 1. The first-order valence-corrected chi connectivity index (χ1v) is 11.3. The standard InChI is InChI=1S/C23H36N4O2/c1-3-24-23(25-15-13-18-9-7-8-12-21(18)29-4-2)26-20-14-16-27(17-20)22(28)19-10-5-6-11-19/h7-9,12,19-20H,3-6,10-11,13-17H2,1-2H3,(H2,24,25,26). The van der Waals surface area contributed by atoms with E-state index in [-0.39, 0.29) is 12.0 Å². The van der Waals surface area contributed by atoms with E-state index in [4.69, 9.17) is 9.73 Å². The maximum atomic E-state index is 12.7. The highest BCUT2D eigenvalue weighted by Gasteiger charge is 2.32. The van der Waals surface area contributed by atoms with Crippen molar-refractivity contribution in [3.05, 3.63) is 29.8 Å². The summed E-state index contributed by atoms with van der Waals surface area (Å²) in [5.74, 6) is 2.41. The Kier molecular flexibility index (Phi) is 8.20. The summed E-state index contributed by atoms with van der Waals surface area (Å²) in [6, 6.07) is 8.43. The summed E-state index contributed by atoms with van der Waals surface area (Å²) < 4.78 is 5.71. The third-order valence-corrected chi connectivity index (χ3v) is 5.81. The zero-order valence-corrected chi connectivity index (χ0v) is 18.0. The normalized spacial score (nSPS) is 20.1. The molecule has 1 heterocycles. The number of likely N-dealkylation sites (tertiary alicyclic amines) is 1. The molecule has 2 aliphatic rings. The zero-order valence-electron chi connectivity index (χ0n) is 18.0.